The van der Waals surface area contributed by atoms with E-state index >= 15 is 0 Å². The van der Waals surface area contributed by atoms with Gasteiger partial charge in [0.15, 0.2) is 0 Å². The van der Waals surface area contributed by atoms with Crippen LogP contribution in [0.2, 0.25) is 0 Å². The summed E-state index contributed by atoms with van der Waals surface area (Å²) >= 11 is 0. The lowest BCUT2D eigenvalue weighted by molar-refractivity contribution is -0.118. The maximum absolute atomic E-state index is 12.6. The highest BCUT2D eigenvalue weighted by atomic mass is 32.2. The summed E-state index contributed by atoms with van der Waals surface area (Å²) in [5, 5.41) is 3.73. The van der Waals surface area contributed by atoms with Crippen molar-refractivity contribution in [2.75, 3.05) is 5.32 Å². The van der Waals surface area contributed by atoms with Crippen molar-refractivity contribution in [3.63, 3.8) is 0 Å². The van der Waals surface area contributed by atoms with E-state index in [0.717, 1.165) is 16.7 Å². The first kappa shape index (κ1) is 20.1. The maximum Gasteiger partial charge on any atom is 0.240 e. The molecule has 148 valence electrons. The molecule has 0 bridgehead atoms. The minimum atomic E-state index is -3.68. The van der Waals surface area contributed by atoms with Gasteiger partial charge in [0.25, 0.3) is 0 Å². The highest BCUT2D eigenvalue weighted by Crippen LogP contribution is 2.20. The summed E-state index contributed by atoms with van der Waals surface area (Å²) in [6.07, 6.45) is 0.441. The van der Waals surface area contributed by atoms with E-state index in [0.29, 0.717) is 12.1 Å². The fraction of sp³-hybridized carbons (Fsp3) is 0.286. The van der Waals surface area contributed by atoms with Crippen molar-refractivity contribution >= 4 is 32.6 Å². The number of nitrogens with one attached hydrogen (secondary N) is 2. The topological polar surface area (TPSA) is 88.4 Å². The Morgan fingerprint density at radius 3 is 2.36 bits per heavy atom. The lowest BCUT2D eigenvalue weighted by Crippen LogP contribution is -2.34. The van der Waals surface area contributed by atoms with Crippen LogP contribution in [0.15, 0.2) is 63.9 Å². The highest BCUT2D eigenvalue weighted by molar-refractivity contribution is 7.89. The number of carbonyl (C=O) groups is 1. The number of hydrogen-bond donors (Lipinski definition) is 2. The molecule has 1 aromatic heterocycles. The van der Waals surface area contributed by atoms with E-state index in [1.807, 2.05) is 30.3 Å². The van der Waals surface area contributed by atoms with E-state index in [1.165, 1.54) is 12.1 Å². The Bertz CT molecular complexity index is 1040. The number of fused-ring (bicyclic) bond motifs is 1. The third-order valence-corrected chi connectivity index (χ3v) is 5.90. The molecule has 0 saturated heterocycles. The number of sulfonamides is 1. The molecule has 6 nitrogen and oxygen atoms in total. The van der Waals surface area contributed by atoms with Crippen LogP contribution in [0.4, 0.5) is 5.69 Å². The van der Waals surface area contributed by atoms with Gasteiger partial charge in [-0.25, -0.2) is 13.1 Å². The zero-order chi connectivity index (χ0) is 20.3. The molecule has 3 aromatic rings. The molecule has 3 rings (SSSR count). The number of rotatable bonds is 7. The van der Waals surface area contributed by atoms with Crippen molar-refractivity contribution in [3.05, 3.63) is 60.4 Å². The second-order valence-corrected chi connectivity index (χ2v) is 8.86. The average Bonchev–Trinajstić information content (AvgIpc) is 3.03. The number of benzene rings is 2. The van der Waals surface area contributed by atoms with E-state index < -0.39 is 10.0 Å². The molecule has 28 heavy (non-hydrogen) atoms. The molecule has 0 spiro atoms. The smallest absolute Gasteiger partial charge is 0.240 e. The predicted octanol–water partition coefficient (Wildman–Crippen LogP) is 3.94. The molecule has 2 aromatic carbocycles. The first-order valence-electron chi connectivity index (χ1n) is 9.15. The molecule has 7 heteroatoms. The Kier molecular flexibility index (Phi) is 5.86. The molecule has 0 saturated carbocycles. The Morgan fingerprint density at radius 1 is 1.04 bits per heavy atom. The number of hydrogen-bond acceptors (Lipinski definition) is 4. The van der Waals surface area contributed by atoms with Crippen molar-refractivity contribution < 1.29 is 17.6 Å². The van der Waals surface area contributed by atoms with Crippen LogP contribution in [0.5, 0.6) is 0 Å². The first-order valence-corrected chi connectivity index (χ1v) is 10.6. The maximum atomic E-state index is 12.6. The van der Waals surface area contributed by atoms with Gasteiger partial charge < -0.3 is 9.73 Å². The zero-order valence-electron chi connectivity index (χ0n) is 16.1. The normalized spacial score (nSPS) is 13.0. The Morgan fingerprint density at radius 2 is 1.71 bits per heavy atom. The summed E-state index contributed by atoms with van der Waals surface area (Å²) in [5.41, 5.74) is 1.35. The van der Waals surface area contributed by atoms with Crippen molar-refractivity contribution in [2.45, 2.75) is 38.1 Å². The number of furan rings is 1. The number of anilines is 1. The highest BCUT2D eigenvalue weighted by Gasteiger charge is 2.19. The van der Waals surface area contributed by atoms with Gasteiger partial charge in [-0.05, 0) is 43.3 Å². The van der Waals surface area contributed by atoms with Crippen LogP contribution in [0.3, 0.4) is 0 Å². The molecule has 0 aliphatic heterocycles. The van der Waals surface area contributed by atoms with Crippen LogP contribution in [0, 0.1) is 5.92 Å². The number of amides is 1. The summed E-state index contributed by atoms with van der Waals surface area (Å²) in [4.78, 5) is 11.9. The molecule has 0 aliphatic carbocycles. The molecular weight excluding hydrogens is 376 g/mol. The van der Waals surface area contributed by atoms with E-state index in [2.05, 4.69) is 10.0 Å². The fourth-order valence-electron chi connectivity index (χ4n) is 2.82. The third kappa shape index (κ3) is 4.79. The van der Waals surface area contributed by atoms with Gasteiger partial charge in [-0.15, -0.1) is 0 Å². The van der Waals surface area contributed by atoms with E-state index in [-0.39, 0.29) is 22.8 Å². The SMILES string of the molecule is CC(C)C(=O)Nc1ccc(S(=O)(=O)N[C@H](C)Cc2cc3ccccc3o2)cc1. The summed E-state index contributed by atoms with van der Waals surface area (Å²) < 4.78 is 33.7. The summed E-state index contributed by atoms with van der Waals surface area (Å²) in [5.74, 6) is 0.459. The predicted molar refractivity (Wildman–Crippen MR) is 110 cm³/mol. The molecule has 1 heterocycles. The van der Waals surface area contributed by atoms with Crippen molar-refractivity contribution in [2.24, 2.45) is 5.92 Å². The fourth-order valence-corrected chi connectivity index (χ4v) is 4.06. The number of para-hydroxylation sites is 1. The monoisotopic (exact) mass is 400 g/mol. The van der Waals surface area contributed by atoms with Gasteiger partial charge in [0.1, 0.15) is 11.3 Å². The van der Waals surface area contributed by atoms with Gasteiger partial charge in [0, 0.05) is 29.5 Å². The minimum Gasteiger partial charge on any atom is -0.461 e. The van der Waals surface area contributed by atoms with Crippen LogP contribution in [0.25, 0.3) is 11.0 Å². The molecule has 0 unspecified atom stereocenters. The van der Waals surface area contributed by atoms with Crippen LogP contribution in [0.1, 0.15) is 26.5 Å². The van der Waals surface area contributed by atoms with Gasteiger partial charge in [-0.3, -0.25) is 4.79 Å². The lowest BCUT2D eigenvalue weighted by atomic mass is 10.2. The van der Waals surface area contributed by atoms with Crippen LogP contribution >= 0.6 is 0 Å². The van der Waals surface area contributed by atoms with Crippen molar-refractivity contribution in [1.29, 1.82) is 0 Å². The third-order valence-electron chi connectivity index (χ3n) is 4.30. The Balaban J connectivity index is 1.66. The van der Waals surface area contributed by atoms with Crippen molar-refractivity contribution in [3.8, 4) is 0 Å². The van der Waals surface area contributed by atoms with Crippen molar-refractivity contribution in [1.82, 2.24) is 4.72 Å². The Hall–Kier alpha value is -2.64. The quantitative estimate of drug-likeness (QED) is 0.629. The van der Waals surface area contributed by atoms with Crippen LogP contribution < -0.4 is 10.0 Å². The zero-order valence-corrected chi connectivity index (χ0v) is 16.9. The molecule has 0 radical (unpaired) electrons. The number of carbonyl (C=O) groups excluding carboxylic acids is 1. The van der Waals surface area contributed by atoms with E-state index in [1.54, 1.807) is 32.9 Å². The van der Waals surface area contributed by atoms with Crippen LogP contribution in [-0.4, -0.2) is 20.4 Å². The molecular formula is C21H24N2O4S. The first-order chi connectivity index (χ1) is 13.2. The minimum absolute atomic E-state index is 0.117. The van der Waals surface area contributed by atoms with Gasteiger partial charge in [0.2, 0.25) is 15.9 Å². The molecule has 1 amide bonds. The largest absolute Gasteiger partial charge is 0.461 e. The lowest BCUT2D eigenvalue weighted by Gasteiger charge is -2.14. The van der Waals surface area contributed by atoms with Gasteiger partial charge in [-0.2, -0.15) is 0 Å². The molecule has 1 atom stereocenters. The van der Waals surface area contributed by atoms with Gasteiger partial charge in [0.05, 0.1) is 4.90 Å². The summed E-state index contributed by atoms with van der Waals surface area (Å²) in [6.45, 7) is 5.38. The second-order valence-electron chi connectivity index (χ2n) is 7.15. The average molecular weight is 401 g/mol. The van der Waals surface area contributed by atoms with E-state index in [4.69, 9.17) is 4.42 Å². The van der Waals surface area contributed by atoms with Crippen LogP contribution in [-0.2, 0) is 21.2 Å². The molecule has 0 fully saturated rings. The van der Waals surface area contributed by atoms with Gasteiger partial charge in [-0.1, -0.05) is 32.0 Å². The molecule has 2 N–H and O–H groups in total. The second kappa shape index (κ2) is 8.16. The summed E-state index contributed by atoms with van der Waals surface area (Å²) in [7, 11) is -3.68. The summed E-state index contributed by atoms with van der Waals surface area (Å²) in [6, 6.07) is 15.4. The van der Waals surface area contributed by atoms with Gasteiger partial charge >= 0.3 is 0 Å². The Labute approximate surface area is 165 Å². The van der Waals surface area contributed by atoms with E-state index in [9.17, 15) is 13.2 Å². The standard InChI is InChI=1S/C21H24N2O4S/c1-14(2)21(24)22-17-8-10-19(11-9-17)28(25,26)23-15(3)12-18-13-16-6-4-5-7-20(16)27-18/h4-11,13-15,23H,12H2,1-3H3,(H,22,24)/t15-/m1/s1. The molecule has 0 aliphatic rings.